The molecule has 0 saturated carbocycles. The van der Waals surface area contributed by atoms with Crippen molar-refractivity contribution in [1.29, 1.82) is 0 Å². The van der Waals surface area contributed by atoms with E-state index in [1.165, 1.54) is 4.90 Å². The highest BCUT2D eigenvalue weighted by atomic mass is 16.6. The second-order valence-corrected chi connectivity index (χ2v) is 4.27. The van der Waals surface area contributed by atoms with Gasteiger partial charge in [-0.15, -0.1) is 0 Å². The fourth-order valence-corrected chi connectivity index (χ4v) is 1.91. The number of carbonyl (C=O) groups is 1. The molecular formula is C13H15NO2. The normalized spacial score (nSPS) is 24.8. The predicted octanol–water partition coefficient (Wildman–Crippen LogP) is 2.58. The van der Waals surface area contributed by atoms with Crippen molar-refractivity contribution in [3.05, 3.63) is 48.2 Å². The van der Waals surface area contributed by atoms with E-state index >= 15 is 0 Å². The molecule has 1 heterocycles. The summed E-state index contributed by atoms with van der Waals surface area (Å²) in [6.45, 7) is 5.81. The van der Waals surface area contributed by atoms with Gasteiger partial charge in [-0.2, -0.15) is 0 Å². The summed E-state index contributed by atoms with van der Waals surface area (Å²) in [7, 11) is 1.68. The number of benzene rings is 1. The molecule has 1 saturated heterocycles. The van der Waals surface area contributed by atoms with Crippen LogP contribution in [0.5, 0.6) is 0 Å². The van der Waals surface area contributed by atoms with Gasteiger partial charge in [0, 0.05) is 13.5 Å². The number of hydrogen-bond donors (Lipinski definition) is 0. The Morgan fingerprint density at radius 1 is 1.38 bits per heavy atom. The molecule has 0 bridgehead atoms. The largest absolute Gasteiger partial charge is 0.436 e. The number of nitrogens with zero attached hydrogens (tertiary/aromatic N) is 1. The summed E-state index contributed by atoms with van der Waals surface area (Å²) in [4.78, 5) is 12.9. The van der Waals surface area contributed by atoms with Gasteiger partial charge in [-0.3, -0.25) is 4.90 Å². The molecule has 2 rings (SSSR count). The fourth-order valence-electron chi connectivity index (χ4n) is 1.91. The average Bonchev–Trinajstić information content (AvgIpc) is 2.44. The molecule has 16 heavy (non-hydrogen) atoms. The van der Waals surface area contributed by atoms with Gasteiger partial charge in [-0.1, -0.05) is 36.9 Å². The zero-order valence-electron chi connectivity index (χ0n) is 9.56. The quantitative estimate of drug-likeness (QED) is 0.762. The maximum absolute atomic E-state index is 11.4. The Hall–Kier alpha value is -1.77. The molecule has 0 aliphatic carbocycles. The lowest BCUT2D eigenvalue weighted by Gasteiger charge is -2.23. The van der Waals surface area contributed by atoms with Crippen LogP contribution >= 0.6 is 0 Å². The topological polar surface area (TPSA) is 29.5 Å². The van der Waals surface area contributed by atoms with Crippen LogP contribution in [0.1, 0.15) is 12.5 Å². The highest BCUT2D eigenvalue weighted by Crippen LogP contribution is 2.33. The lowest BCUT2D eigenvalue weighted by Crippen LogP contribution is -2.29. The lowest BCUT2D eigenvalue weighted by molar-refractivity contribution is 0.0823. The number of carbonyl (C=O) groups excluding carboxylic acids is 1. The van der Waals surface area contributed by atoms with E-state index < -0.39 is 5.60 Å². The van der Waals surface area contributed by atoms with Crippen LogP contribution in [0.2, 0.25) is 0 Å². The van der Waals surface area contributed by atoms with Crippen molar-refractivity contribution in [2.75, 3.05) is 7.05 Å². The monoisotopic (exact) mass is 217 g/mol. The fraction of sp³-hybridized carbons (Fsp3) is 0.308. The van der Waals surface area contributed by atoms with E-state index in [-0.39, 0.29) is 6.09 Å². The average molecular weight is 217 g/mol. The molecule has 0 spiro atoms. The summed E-state index contributed by atoms with van der Waals surface area (Å²) in [6, 6.07) is 9.95. The van der Waals surface area contributed by atoms with Gasteiger partial charge in [-0.25, -0.2) is 4.79 Å². The molecule has 1 amide bonds. The molecule has 1 aliphatic rings. The van der Waals surface area contributed by atoms with Crippen LogP contribution < -0.4 is 0 Å². The summed E-state index contributed by atoms with van der Waals surface area (Å²) in [6.07, 6.45) is 0.325. The molecule has 0 N–H and O–H groups in total. The highest BCUT2D eigenvalue weighted by molar-refractivity contribution is 5.74. The van der Waals surface area contributed by atoms with Gasteiger partial charge in [0.15, 0.2) is 5.60 Å². The molecule has 1 aromatic rings. The smallest absolute Gasteiger partial charge is 0.414 e. The predicted molar refractivity (Wildman–Crippen MR) is 61.9 cm³/mol. The lowest BCUT2D eigenvalue weighted by atomic mass is 9.94. The second kappa shape index (κ2) is 3.67. The Labute approximate surface area is 95.3 Å². The van der Waals surface area contributed by atoms with Crippen molar-refractivity contribution in [2.24, 2.45) is 0 Å². The van der Waals surface area contributed by atoms with Crippen LogP contribution in [-0.2, 0) is 11.2 Å². The maximum atomic E-state index is 11.4. The van der Waals surface area contributed by atoms with Crippen LogP contribution in [-0.4, -0.2) is 23.6 Å². The minimum absolute atomic E-state index is 0.330. The van der Waals surface area contributed by atoms with E-state index in [2.05, 4.69) is 6.58 Å². The molecule has 3 nitrogen and oxygen atoms in total. The van der Waals surface area contributed by atoms with Gasteiger partial charge in [0.25, 0.3) is 0 Å². The summed E-state index contributed by atoms with van der Waals surface area (Å²) >= 11 is 0. The second-order valence-electron chi connectivity index (χ2n) is 4.27. The summed E-state index contributed by atoms with van der Waals surface area (Å²) in [5, 5.41) is 0. The Morgan fingerprint density at radius 3 is 2.50 bits per heavy atom. The van der Waals surface area contributed by atoms with Crippen molar-refractivity contribution in [3.63, 3.8) is 0 Å². The van der Waals surface area contributed by atoms with Crippen LogP contribution in [0.3, 0.4) is 0 Å². The van der Waals surface area contributed by atoms with Gasteiger partial charge in [0.1, 0.15) is 0 Å². The van der Waals surface area contributed by atoms with Crippen molar-refractivity contribution in [3.8, 4) is 0 Å². The van der Waals surface area contributed by atoms with Crippen LogP contribution in [0.15, 0.2) is 42.6 Å². The van der Waals surface area contributed by atoms with E-state index in [1.54, 1.807) is 7.05 Å². The van der Waals surface area contributed by atoms with Crippen molar-refractivity contribution >= 4 is 6.09 Å². The third-order valence-electron chi connectivity index (χ3n) is 2.99. The number of cyclic esters (lactones) is 1. The van der Waals surface area contributed by atoms with Crippen LogP contribution in [0.4, 0.5) is 4.79 Å². The Balaban J connectivity index is 2.22. The van der Waals surface area contributed by atoms with E-state index in [0.29, 0.717) is 12.1 Å². The molecule has 0 radical (unpaired) electrons. The van der Waals surface area contributed by atoms with Gasteiger partial charge in [0.2, 0.25) is 0 Å². The molecule has 1 aromatic carbocycles. The number of hydrogen-bond acceptors (Lipinski definition) is 2. The van der Waals surface area contributed by atoms with Gasteiger partial charge < -0.3 is 4.74 Å². The number of ether oxygens (including phenoxy) is 1. The van der Waals surface area contributed by atoms with Crippen LogP contribution in [0.25, 0.3) is 0 Å². The van der Waals surface area contributed by atoms with Gasteiger partial charge in [-0.05, 0) is 12.5 Å². The van der Waals surface area contributed by atoms with Gasteiger partial charge >= 0.3 is 6.09 Å². The molecule has 0 aromatic heterocycles. The van der Waals surface area contributed by atoms with Crippen molar-refractivity contribution < 1.29 is 9.53 Å². The molecular weight excluding hydrogens is 202 g/mol. The highest BCUT2D eigenvalue weighted by Gasteiger charge is 2.43. The maximum Gasteiger partial charge on any atom is 0.414 e. The SMILES string of the molecule is C=C1N(C)C(=O)O[C@]1(C)Cc1ccccc1. The zero-order valence-corrected chi connectivity index (χ0v) is 9.56. The summed E-state index contributed by atoms with van der Waals surface area (Å²) < 4.78 is 5.36. The van der Waals surface area contributed by atoms with Crippen molar-refractivity contribution in [1.82, 2.24) is 4.90 Å². The summed E-state index contributed by atoms with van der Waals surface area (Å²) in [5.41, 5.74) is 1.23. The first-order chi connectivity index (χ1) is 7.53. The number of likely N-dealkylation sites (N-methyl/N-ethyl adjacent to an activating group) is 1. The molecule has 1 aliphatic heterocycles. The van der Waals surface area contributed by atoms with Crippen molar-refractivity contribution in [2.45, 2.75) is 18.9 Å². The van der Waals surface area contributed by atoms with Gasteiger partial charge in [0.05, 0.1) is 5.70 Å². The molecule has 1 atom stereocenters. The number of rotatable bonds is 2. The van der Waals surface area contributed by atoms with E-state index in [9.17, 15) is 4.79 Å². The van der Waals surface area contributed by atoms with E-state index in [4.69, 9.17) is 4.74 Å². The Bertz CT molecular complexity index is 427. The summed E-state index contributed by atoms with van der Waals surface area (Å²) in [5.74, 6) is 0. The third kappa shape index (κ3) is 1.69. The van der Waals surface area contributed by atoms with E-state index in [0.717, 1.165) is 5.56 Å². The molecule has 84 valence electrons. The Kier molecular flexibility index (Phi) is 2.46. The zero-order chi connectivity index (χ0) is 11.8. The minimum Gasteiger partial charge on any atom is -0.436 e. The van der Waals surface area contributed by atoms with E-state index in [1.807, 2.05) is 37.3 Å². The standard InChI is InChI=1S/C13H15NO2/c1-10-13(2,16-12(15)14(10)3)9-11-7-5-4-6-8-11/h4-8H,1,9H2,2-3H3/t13-/m1/s1. The molecule has 0 unspecified atom stereocenters. The Morgan fingerprint density at radius 2 is 2.00 bits per heavy atom. The number of amides is 1. The molecule has 1 fully saturated rings. The minimum atomic E-state index is -0.618. The first-order valence-electron chi connectivity index (χ1n) is 5.23. The first kappa shape index (κ1) is 10.7. The molecule has 3 heteroatoms. The van der Waals surface area contributed by atoms with Crippen LogP contribution in [0, 0.1) is 0 Å². The first-order valence-corrected chi connectivity index (χ1v) is 5.23. The third-order valence-corrected chi connectivity index (χ3v) is 2.99.